The van der Waals surface area contributed by atoms with Crippen LogP contribution in [0.4, 0.5) is 22.7 Å². The van der Waals surface area contributed by atoms with Crippen LogP contribution in [0.2, 0.25) is 0 Å². The number of rotatable bonds is 6. The third kappa shape index (κ3) is 8.02. The minimum Gasteiger partial charge on any atom is -0.509 e. The smallest absolute Gasteiger partial charge is 0.135 e. The van der Waals surface area contributed by atoms with E-state index in [1.54, 1.807) is 0 Å². The predicted octanol–water partition coefficient (Wildman–Crippen LogP) is 16.9. The van der Waals surface area contributed by atoms with Gasteiger partial charge in [-0.15, -0.1) is 59.4 Å². The molecule has 4 heterocycles. The minimum atomic E-state index is -0.0550. The van der Waals surface area contributed by atoms with E-state index in [0.29, 0.717) is 11.5 Å². The molecule has 0 saturated heterocycles. The van der Waals surface area contributed by atoms with Crippen molar-refractivity contribution in [1.29, 1.82) is 0 Å². The molecule has 0 spiro atoms. The Hall–Kier alpha value is -6.20. The second kappa shape index (κ2) is 16.5. The van der Waals surface area contributed by atoms with E-state index in [-0.39, 0.29) is 37.3 Å². The summed E-state index contributed by atoms with van der Waals surface area (Å²) in [6, 6.07) is 59.8. The molecule has 5 nitrogen and oxygen atoms in total. The van der Waals surface area contributed by atoms with Crippen molar-refractivity contribution in [3.8, 4) is 28.4 Å². The number of nitrogens with zero attached hydrogens (tertiary/aromatic N) is 4. The summed E-state index contributed by atoms with van der Waals surface area (Å²) in [6.45, 7) is 22.6. The van der Waals surface area contributed by atoms with Crippen LogP contribution in [-0.4, -0.2) is 9.55 Å². The van der Waals surface area contributed by atoms with Gasteiger partial charge < -0.3 is 19.1 Å². The number of thiophene rings is 1. The maximum Gasteiger partial charge on any atom is 0.135 e. The zero-order chi connectivity index (χ0) is 45.7. The molecule has 0 atom stereocenters. The molecule has 338 valence electrons. The van der Waals surface area contributed by atoms with Gasteiger partial charge in [0.2, 0.25) is 0 Å². The first kappa shape index (κ1) is 44.6. The molecule has 67 heavy (non-hydrogen) atoms. The van der Waals surface area contributed by atoms with E-state index in [1.165, 1.54) is 48.0 Å². The molecule has 0 unspecified atom stereocenters. The van der Waals surface area contributed by atoms with Crippen molar-refractivity contribution in [2.75, 3.05) is 9.80 Å². The molecular formula is C60H53N4OPtS-3. The molecule has 1 aliphatic rings. The van der Waals surface area contributed by atoms with Gasteiger partial charge in [0.1, 0.15) is 5.82 Å². The number of benzene rings is 7. The van der Waals surface area contributed by atoms with Crippen LogP contribution < -0.4 is 14.5 Å². The number of aromatic nitrogens is 2. The molecule has 7 aromatic carbocycles. The van der Waals surface area contributed by atoms with Crippen LogP contribution in [-0.2, 0) is 37.3 Å². The van der Waals surface area contributed by atoms with Crippen LogP contribution in [0.15, 0.2) is 152 Å². The number of para-hydroxylation sites is 2. The predicted molar refractivity (Wildman–Crippen MR) is 279 cm³/mol. The Balaban J connectivity index is 0.00000525. The molecular weight excluding hydrogens is 1020 g/mol. The van der Waals surface area contributed by atoms with Crippen molar-refractivity contribution in [2.24, 2.45) is 0 Å². The zero-order valence-corrected chi connectivity index (χ0v) is 42.5. The van der Waals surface area contributed by atoms with Gasteiger partial charge in [0.15, 0.2) is 0 Å². The Morgan fingerprint density at radius 1 is 0.552 bits per heavy atom. The van der Waals surface area contributed by atoms with Crippen LogP contribution in [0.5, 0.6) is 11.5 Å². The van der Waals surface area contributed by atoms with E-state index in [9.17, 15) is 0 Å². The third-order valence-electron chi connectivity index (χ3n) is 13.0. The number of ether oxygens (including phenoxy) is 1. The average Bonchev–Trinajstić information content (AvgIpc) is 3.98. The summed E-state index contributed by atoms with van der Waals surface area (Å²) in [5.41, 5.74) is 12.3. The van der Waals surface area contributed by atoms with Gasteiger partial charge in [-0.1, -0.05) is 128 Å². The topological polar surface area (TPSA) is 33.5 Å². The van der Waals surface area contributed by atoms with Gasteiger partial charge in [0, 0.05) is 81.5 Å². The maximum absolute atomic E-state index is 6.73. The number of hydrogen-bond acceptors (Lipinski definition) is 5. The first-order valence-electron chi connectivity index (χ1n) is 22.9. The summed E-state index contributed by atoms with van der Waals surface area (Å²) in [6.07, 6.45) is 1.92. The minimum absolute atomic E-state index is 0. The van der Waals surface area contributed by atoms with Gasteiger partial charge in [-0.05, 0) is 104 Å². The molecule has 0 N–H and O–H groups in total. The third-order valence-corrected chi connectivity index (χ3v) is 14.1. The van der Waals surface area contributed by atoms with E-state index in [0.717, 1.165) is 50.4 Å². The molecule has 1 aliphatic heterocycles. The van der Waals surface area contributed by atoms with E-state index < -0.39 is 0 Å². The molecule has 3 aromatic heterocycles. The van der Waals surface area contributed by atoms with Crippen LogP contribution in [0.25, 0.3) is 58.9 Å². The van der Waals surface area contributed by atoms with Crippen LogP contribution in [0, 0.1) is 18.8 Å². The number of pyridine rings is 1. The molecule has 0 bridgehead atoms. The maximum atomic E-state index is 6.73. The van der Waals surface area contributed by atoms with Crippen molar-refractivity contribution < 1.29 is 25.8 Å². The van der Waals surface area contributed by atoms with Crippen molar-refractivity contribution in [3.63, 3.8) is 0 Å². The van der Waals surface area contributed by atoms with Crippen molar-refractivity contribution in [2.45, 2.75) is 78.6 Å². The number of anilines is 4. The summed E-state index contributed by atoms with van der Waals surface area (Å²) in [4.78, 5) is 9.49. The fraction of sp³-hybridized carbons (Fsp3) is 0.200. The van der Waals surface area contributed by atoms with Crippen LogP contribution in [0.1, 0.15) is 79.0 Å². The average molecular weight is 1070 g/mol. The van der Waals surface area contributed by atoms with Crippen LogP contribution >= 0.6 is 11.3 Å². The number of hydrogen-bond donors (Lipinski definition) is 0. The monoisotopic (exact) mass is 1070 g/mol. The fourth-order valence-electron chi connectivity index (χ4n) is 9.29. The molecule has 7 heteroatoms. The van der Waals surface area contributed by atoms with Gasteiger partial charge in [0.25, 0.3) is 0 Å². The van der Waals surface area contributed by atoms with Crippen LogP contribution in [0.3, 0.4) is 0 Å². The normalized spacial score (nSPS) is 13.2. The van der Waals surface area contributed by atoms with Crippen molar-refractivity contribution in [1.82, 2.24) is 9.55 Å². The molecule has 11 rings (SSSR count). The second-order valence-corrected chi connectivity index (χ2v) is 21.8. The van der Waals surface area contributed by atoms with Crippen molar-refractivity contribution in [3.05, 3.63) is 187 Å². The first-order valence-corrected chi connectivity index (χ1v) is 23.7. The Kier molecular flexibility index (Phi) is 11.0. The van der Waals surface area contributed by atoms with E-state index in [2.05, 4.69) is 223 Å². The molecule has 0 radical (unpaired) electrons. The Morgan fingerprint density at radius 3 is 1.97 bits per heavy atom. The summed E-state index contributed by atoms with van der Waals surface area (Å²) in [5, 5.41) is 4.80. The first-order chi connectivity index (χ1) is 31.6. The second-order valence-electron chi connectivity index (χ2n) is 20.7. The van der Waals surface area contributed by atoms with Gasteiger partial charge >= 0.3 is 0 Å². The van der Waals surface area contributed by atoms with Gasteiger partial charge in [0.05, 0.1) is 0 Å². The molecule has 0 saturated carbocycles. The van der Waals surface area contributed by atoms with E-state index in [1.807, 2.05) is 35.7 Å². The summed E-state index contributed by atoms with van der Waals surface area (Å²) < 4.78 is 11.6. The molecule has 0 fully saturated rings. The quantitative estimate of drug-likeness (QED) is 0.155. The fourth-order valence-corrected chi connectivity index (χ4v) is 10.4. The van der Waals surface area contributed by atoms with Crippen molar-refractivity contribution >= 4 is 76.1 Å². The molecule has 0 amide bonds. The zero-order valence-electron chi connectivity index (χ0n) is 39.4. The molecule has 0 aliphatic carbocycles. The standard InChI is InChI=1S/C60H53N4OS.Pt/c1-58(2,3)39-28-29-61-56(34-39)64-50-27-24-38(46-19-15-23-55-57(46)48-18-10-13-22-54(48)66-55)30-49(50)47-26-25-45(36-53(47)64)65-44-17-14-16-42(35-44)62-37-63(52-21-12-11-20-51(52)62)43-32-40(59(4,5)6)31-41(33-43)60(7,8)9;/h10-34,37H,1-9H3;/q-3;. The van der Waals surface area contributed by atoms with E-state index in [4.69, 9.17) is 9.72 Å². The van der Waals surface area contributed by atoms with E-state index >= 15 is 0 Å². The Morgan fingerprint density at radius 2 is 1.22 bits per heavy atom. The Labute approximate surface area is 412 Å². The summed E-state index contributed by atoms with van der Waals surface area (Å²) >= 11 is 1.85. The van der Waals surface area contributed by atoms with Gasteiger partial charge in [-0.3, -0.25) is 0 Å². The Bertz CT molecular complexity index is 3490. The number of fused-ring (bicyclic) bond motifs is 7. The summed E-state index contributed by atoms with van der Waals surface area (Å²) in [5.74, 6) is 2.05. The summed E-state index contributed by atoms with van der Waals surface area (Å²) in [7, 11) is 0. The van der Waals surface area contributed by atoms with Gasteiger partial charge in [-0.25, -0.2) is 4.98 Å². The van der Waals surface area contributed by atoms with Gasteiger partial charge in [-0.2, -0.15) is 12.1 Å². The SMILES string of the molecule is CC(C)(C)c1cc(N2[CH-]N(c3[c-]c(Oc4[c-]c5c(cc4)c4cc(-c6cccc7sc8ccccc8c67)ccc4n5-c4cc(C(C)(C)C)ccn4)ccc3)c3ccccc32)cc(C(C)(C)C)c1.[Pt]. The molecule has 10 aromatic rings. The largest absolute Gasteiger partial charge is 0.509 e.